The van der Waals surface area contributed by atoms with E-state index in [1.807, 2.05) is 0 Å². The van der Waals surface area contributed by atoms with Crippen LogP contribution in [-0.2, 0) is 16.6 Å². The van der Waals surface area contributed by atoms with Gasteiger partial charge in [0, 0.05) is 29.4 Å². The zero-order valence-corrected chi connectivity index (χ0v) is 14.4. The van der Waals surface area contributed by atoms with E-state index < -0.39 is 15.9 Å². The van der Waals surface area contributed by atoms with Gasteiger partial charge in [0.25, 0.3) is 5.91 Å². The van der Waals surface area contributed by atoms with E-state index in [4.69, 9.17) is 4.42 Å². The summed E-state index contributed by atoms with van der Waals surface area (Å²) < 4.78 is 31.9. The van der Waals surface area contributed by atoms with Crippen LogP contribution < -0.4 is 10.0 Å². The molecule has 0 aliphatic carbocycles. The standard InChI is InChI=1S/C18H16N2O5S/c21-16-3-1-2-15(10-16)20-18(22)14-4-6-17(7-5-14)26(23,24)19-11-13-8-9-25-12-13/h1-10,12,19,21H,11H2,(H,20,22). The summed E-state index contributed by atoms with van der Waals surface area (Å²) in [6, 6.07) is 13.4. The number of benzene rings is 2. The maximum absolute atomic E-state index is 12.3. The smallest absolute Gasteiger partial charge is 0.255 e. The number of carbonyl (C=O) groups is 1. The molecule has 1 amide bonds. The average molecular weight is 372 g/mol. The molecule has 2 aromatic carbocycles. The summed E-state index contributed by atoms with van der Waals surface area (Å²) in [5.41, 5.74) is 1.44. The number of hydrogen-bond donors (Lipinski definition) is 3. The van der Waals surface area contributed by atoms with Crippen LogP contribution >= 0.6 is 0 Å². The Balaban J connectivity index is 1.68. The van der Waals surface area contributed by atoms with Crippen molar-refractivity contribution in [2.45, 2.75) is 11.4 Å². The quantitative estimate of drug-likeness (QED) is 0.616. The number of phenols is 1. The molecule has 0 unspecified atom stereocenters. The first-order valence-corrected chi connectivity index (χ1v) is 9.13. The van der Waals surface area contributed by atoms with Crippen molar-refractivity contribution < 1.29 is 22.7 Å². The van der Waals surface area contributed by atoms with E-state index in [0.717, 1.165) is 0 Å². The van der Waals surface area contributed by atoms with E-state index in [-0.39, 0.29) is 17.2 Å². The molecule has 0 fully saturated rings. The number of phenolic OH excluding ortho intramolecular Hbond substituents is 1. The molecule has 0 radical (unpaired) electrons. The summed E-state index contributed by atoms with van der Waals surface area (Å²) in [5, 5.41) is 12.0. The van der Waals surface area contributed by atoms with Gasteiger partial charge >= 0.3 is 0 Å². The molecule has 8 heteroatoms. The molecular weight excluding hydrogens is 356 g/mol. The minimum absolute atomic E-state index is 0.0351. The van der Waals surface area contributed by atoms with Crippen LogP contribution in [0.1, 0.15) is 15.9 Å². The fraction of sp³-hybridized carbons (Fsp3) is 0.0556. The molecule has 0 spiro atoms. The third-order valence-corrected chi connectivity index (χ3v) is 4.99. The van der Waals surface area contributed by atoms with E-state index in [9.17, 15) is 18.3 Å². The largest absolute Gasteiger partial charge is 0.508 e. The molecule has 0 aliphatic rings. The van der Waals surface area contributed by atoms with Gasteiger partial charge in [0.05, 0.1) is 17.4 Å². The van der Waals surface area contributed by atoms with Gasteiger partial charge in [-0.15, -0.1) is 0 Å². The molecule has 3 N–H and O–H groups in total. The first kappa shape index (κ1) is 17.7. The van der Waals surface area contributed by atoms with Crippen molar-refractivity contribution in [1.29, 1.82) is 0 Å². The van der Waals surface area contributed by atoms with E-state index in [2.05, 4.69) is 10.0 Å². The van der Waals surface area contributed by atoms with Gasteiger partial charge in [0.15, 0.2) is 0 Å². The van der Waals surface area contributed by atoms with Crippen molar-refractivity contribution in [3.05, 3.63) is 78.3 Å². The highest BCUT2D eigenvalue weighted by atomic mass is 32.2. The van der Waals surface area contributed by atoms with Crippen LogP contribution in [0.15, 0.2) is 76.4 Å². The second-order valence-corrected chi connectivity index (χ2v) is 7.25. The highest BCUT2D eigenvalue weighted by molar-refractivity contribution is 7.89. The molecule has 0 saturated heterocycles. The predicted molar refractivity (Wildman–Crippen MR) is 95.2 cm³/mol. The molecular formula is C18H16N2O5S. The van der Waals surface area contributed by atoms with Gasteiger partial charge < -0.3 is 14.8 Å². The van der Waals surface area contributed by atoms with Gasteiger partial charge in [0.2, 0.25) is 10.0 Å². The predicted octanol–water partition coefficient (Wildman–Crippen LogP) is 2.72. The number of aromatic hydroxyl groups is 1. The monoisotopic (exact) mass is 372 g/mol. The number of furan rings is 1. The van der Waals surface area contributed by atoms with Crippen molar-refractivity contribution in [3.8, 4) is 5.75 Å². The number of amides is 1. The van der Waals surface area contributed by atoms with Crippen molar-refractivity contribution in [3.63, 3.8) is 0 Å². The summed E-state index contributed by atoms with van der Waals surface area (Å²) in [6.07, 6.45) is 2.92. The molecule has 1 aromatic heterocycles. The lowest BCUT2D eigenvalue weighted by Crippen LogP contribution is -2.23. The van der Waals surface area contributed by atoms with Gasteiger partial charge in [-0.2, -0.15) is 0 Å². The van der Waals surface area contributed by atoms with Crippen LogP contribution in [0, 0.1) is 0 Å². The Labute approximate surface area is 150 Å². The molecule has 134 valence electrons. The number of rotatable bonds is 6. The zero-order chi connectivity index (χ0) is 18.6. The summed E-state index contributed by atoms with van der Waals surface area (Å²) >= 11 is 0. The minimum atomic E-state index is -3.70. The Morgan fingerprint density at radius 3 is 2.50 bits per heavy atom. The Morgan fingerprint density at radius 2 is 1.85 bits per heavy atom. The second-order valence-electron chi connectivity index (χ2n) is 5.48. The van der Waals surface area contributed by atoms with E-state index >= 15 is 0 Å². The van der Waals surface area contributed by atoms with Crippen LogP contribution in [0.2, 0.25) is 0 Å². The first-order valence-electron chi connectivity index (χ1n) is 7.65. The lowest BCUT2D eigenvalue weighted by Gasteiger charge is -2.08. The summed E-state index contributed by atoms with van der Waals surface area (Å²) in [5.74, 6) is -0.376. The third kappa shape index (κ3) is 4.29. The molecule has 3 rings (SSSR count). The third-order valence-electron chi connectivity index (χ3n) is 3.58. The van der Waals surface area contributed by atoms with Crippen molar-refractivity contribution in [1.82, 2.24) is 4.72 Å². The Bertz CT molecular complexity index is 996. The zero-order valence-electron chi connectivity index (χ0n) is 13.5. The number of sulfonamides is 1. The maximum Gasteiger partial charge on any atom is 0.255 e. The van der Waals surface area contributed by atoms with Gasteiger partial charge in [0.1, 0.15) is 5.75 Å². The van der Waals surface area contributed by atoms with Gasteiger partial charge in [-0.25, -0.2) is 13.1 Å². The van der Waals surface area contributed by atoms with Crippen molar-refractivity contribution >= 4 is 21.6 Å². The molecule has 26 heavy (non-hydrogen) atoms. The normalized spacial score (nSPS) is 11.2. The van der Waals surface area contributed by atoms with E-state index in [1.54, 1.807) is 18.2 Å². The van der Waals surface area contributed by atoms with Crippen LogP contribution in [0.25, 0.3) is 0 Å². The minimum Gasteiger partial charge on any atom is -0.508 e. The maximum atomic E-state index is 12.3. The van der Waals surface area contributed by atoms with Gasteiger partial charge in [-0.05, 0) is 42.5 Å². The topological polar surface area (TPSA) is 109 Å². The van der Waals surface area contributed by atoms with Crippen molar-refractivity contribution in [2.75, 3.05) is 5.32 Å². The Hall–Kier alpha value is -3.10. The number of hydrogen-bond acceptors (Lipinski definition) is 5. The average Bonchev–Trinajstić information content (AvgIpc) is 3.14. The molecule has 7 nitrogen and oxygen atoms in total. The fourth-order valence-electron chi connectivity index (χ4n) is 2.23. The number of carbonyl (C=O) groups excluding carboxylic acids is 1. The first-order chi connectivity index (χ1) is 12.4. The van der Waals surface area contributed by atoms with Crippen LogP contribution in [0.4, 0.5) is 5.69 Å². The highest BCUT2D eigenvalue weighted by Gasteiger charge is 2.15. The molecule has 3 aromatic rings. The second kappa shape index (κ2) is 7.42. The van der Waals surface area contributed by atoms with Crippen LogP contribution in [0.5, 0.6) is 5.75 Å². The molecule has 0 aliphatic heterocycles. The van der Waals surface area contributed by atoms with Gasteiger partial charge in [-0.3, -0.25) is 4.79 Å². The van der Waals surface area contributed by atoms with Crippen molar-refractivity contribution in [2.24, 2.45) is 0 Å². The Kier molecular flexibility index (Phi) is 5.06. The highest BCUT2D eigenvalue weighted by Crippen LogP contribution is 2.17. The van der Waals surface area contributed by atoms with E-state index in [0.29, 0.717) is 16.8 Å². The molecule has 0 saturated carbocycles. The summed E-state index contributed by atoms with van der Waals surface area (Å²) in [4.78, 5) is 12.3. The lowest BCUT2D eigenvalue weighted by atomic mass is 10.2. The lowest BCUT2D eigenvalue weighted by molar-refractivity contribution is 0.102. The number of anilines is 1. The van der Waals surface area contributed by atoms with E-state index in [1.165, 1.54) is 48.9 Å². The van der Waals surface area contributed by atoms with Crippen LogP contribution in [-0.4, -0.2) is 19.4 Å². The Morgan fingerprint density at radius 1 is 1.08 bits per heavy atom. The number of nitrogens with one attached hydrogen (secondary N) is 2. The molecule has 0 bridgehead atoms. The fourth-order valence-corrected chi connectivity index (χ4v) is 3.25. The molecule has 1 heterocycles. The van der Waals surface area contributed by atoms with Gasteiger partial charge in [-0.1, -0.05) is 6.07 Å². The summed E-state index contributed by atoms with van der Waals surface area (Å²) in [7, 11) is -3.70. The molecule has 0 atom stereocenters. The van der Waals surface area contributed by atoms with Crippen LogP contribution in [0.3, 0.4) is 0 Å². The SMILES string of the molecule is O=C(Nc1cccc(O)c1)c1ccc(S(=O)(=O)NCc2ccoc2)cc1. The summed E-state index contributed by atoms with van der Waals surface area (Å²) in [6.45, 7) is 0.110.